The lowest BCUT2D eigenvalue weighted by molar-refractivity contribution is 0.200. The first-order valence-electron chi connectivity index (χ1n) is 9.89. The molecule has 0 aliphatic carbocycles. The summed E-state index contributed by atoms with van der Waals surface area (Å²) >= 11 is 0. The number of H-pyrrole nitrogens is 1. The molecule has 10 heteroatoms. The summed E-state index contributed by atoms with van der Waals surface area (Å²) in [6.45, 7) is 0.992. The molecule has 0 saturated heterocycles. The van der Waals surface area contributed by atoms with Gasteiger partial charge >= 0.3 is 0 Å². The Bertz CT molecular complexity index is 1120. The van der Waals surface area contributed by atoms with Gasteiger partial charge in [-0.3, -0.25) is 0 Å². The first-order valence-corrected chi connectivity index (χ1v) is 9.89. The number of methoxy groups -OCH3 is 1. The highest BCUT2D eigenvalue weighted by Gasteiger charge is 2.10. The third-order valence-corrected chi connectivity index (χ3v) is 4.87. The van der Waals surface area contributed by atoms with Crippen LogP contribution in [0.3, 0.4) is 0 Å². The minimum Gasteiger partial charge on any atom is -0.391 e. The van der Waals surface area contributed by atoms with Crippen molar-refractivity contribution in [3.05, 3.63) is 71.7 Å². The summed E-state index contributed by atoms with van der Waals surface area (Å²) in [5.74, 6) is 1.94. The Morgan fingerprint density at radius 3 is 2.53 bits per heavy atom. The second kappa shape index (κ2) is 11.3. The number of hydrogen-bond donors (Lipinski definition) is 3. The minimum atomic E-state index is -0.126. The Labute approximate surface area is 191 Å². The van der Waals surface area contributed by atoms with Gasteiger partial charge in [-0.05, 0) is 27.1 Å². The maximum absolute atomic E-state index is 9.59. The molecule has 0 aliphatic heterocycles. The molecule has 2 aromatic heterocycles. The van der Waals surface area contributed by atoms with E-state index in [4.69, 9.17) is 4.74 Å². The van der Waals surface area contributed by atoms with Crippen molar-refractivity contribution in [2.45, 2.75) is 19.6 Å². The number of benzene rings is 2. The Morgan fingerprint density at radius 2 is 1.84 bits per heavy atom. The number of aromatic nitrogens is 6. The first kappa shape index (κ1) is 23.3. The van der Waals surface area contributed by atoms with Crippen molar-refractivity contribution in [1.29, 1.82) is 0 Å². The Morgan fingerprint density at radius 1 is 1.06 bits per heavy atom. The molecule has 3 N–H and O–H groups in total. The molecule has 0 saturated carbocycles. The van der Waals surface area contributed by atoms with E-state index in [1.54, 1.807) is 13.3 Å². The Kier molecular flexibility index (Phi) is 8.20. The normalized spacial score (nSPS) is 10.6. The largest absolute Gasteiger partial charge is 0.391 e. The van der Waals surface area contributed by atoms with Crippen LogP contribution >= 0.6 is 12.4 Å². The zero-order valence-electron chi connectivity index (χ0n) is 17.5. The van der Waals surface area contributed by atoms with Gasteiger partial charge in [0.25, 0.3) is 0 Å². The SMILES string of the molecule is COCCc1ncc(CO)c(NCc2ccc(-c3ccccc3-c3nnn[nH]3)cc2)n1.Cl. The van der Waals surface area contributed by atoms with Crippen molar-refractivity contribution in [2.75, 3.05) is 19.0 Å². The highest BCUT2D eigenvalue weighted by Crippen LogP contribution is 2.29. The maximum Gasteiger partial charge on any atom is 0.180 e. The predicted molar refractivity (Wildman–Crippen MR) is 123 cm³/mol. The molecule has 32 heavy (non-hydrogen) atoms. The van der Waals surface area contributed by atoms with E-state index >= 15 is 0 Å². The molecular formula is C22H24ClN7O2. The number of rotatable bonds is 9. The maximum atomic E-state index is 9.59. The van der Waals surface area contributed by atoms with E-state index in [9.17, 15) is 5.11 Å². The third-order valence-electron chi connectivity index (χ3n) is 4.87. The van der Waals surface area contributed by atoms with Crippen LogP contribution in [0.1, 0.15) is 17.0 Å². The van der Waals surface area contributed by atoms with Gasteiger partial charge in [0.15, 0.2) is 5.82 Å². The Hall–Kier alpha value is -3.40. The summed E-state index contributed by atoms with van der Waals surface area (Å²) in [7, 11) is 1.64. The van der Waals surface area contributed by atoms with Crippen LogP contribution in [0.5, 0.6) is 0 Å². The number of halogens is 1. The minimum absolute atomic E-state index is 0. The second-order valence-electron chi connectivity index (χ2n) is 6.91. The smallest absolute Gasteiger partial charge is 0.180 e. The van der Waals surface area contributed by atoms with Crippen LogP contribution in [-0.4, -0.2) is 49.4 Å². The molecule has 166 valence electrons. The van der Waals surface area contributed by atoms with Crippen LogP contribution < -0.4 is 5.32 Å². The standard InChI is InChI=1S/C22H23N7O2.ClH/c1-31-11-10-20-23-13-17(14-30)21(25-20)24-12-15-6-8-16(9-7-15)18-4-2-3-5-19(18)22-26-28-29-27-22;/h2-9,13,30H,10-12,14H2,1H3,(H,23,24,25)(H,26,27,28,29);1H. The van der Waals surface area contributed by atoms with Crippen molar-refractivity contribution in [3.8, 4) is 22.5 Å². The van der Waals surface area contributed by atoms with Gasteiger partial charge in [-0.1, -0.05) is 48.5 Å². The van der Waals surface area contributed by atoms with Gasteiger partial charge in [0.05, 0.1) is 13.2 Å². The van der Waals surface area contributed by atoms with Crippen LogP contribution in [0.4, 0.5) is 5.82 Å². The fourth-order valence-corrected chi connectivity index (χ4v) is 3.23. The topological polar surface area (TPSA) is 122 Å². The number of anilines is 1. The van der Waals surface area contributed by atoms with Gasteiger partial charge in [0.1, 0.15) is 11.6 Å². The summed E-state index contributed by atoms with van der Waals surface area (Å²) in [5, 5.41) is 27.1. The highest BCUT2D eigenvalue weighted by atomic mass is 35.5. The lowest BCUT2D eigenvalue weighted by atomic mass is 9.98. The summed E-state index contributed by atoms with van der Waals surface area (Å²) in [6, 6.07) is 16.2. The molecule has 0 radical (unpaired) electrons. The fraction of sp³-hybridized carbons (Fsp3) is 0.227. The summed E-state index contributed by atoms with van der Waals surface area (Å²) in [5.41, 5.74) is 4.80. The van der Waals surface area contributed by atoms with Gasteiger partial charge in [0.2, 0.25) is 0 Å². The Balaban J connectivity index is 0.00000289. The van der Waals surface area contributed by atoms with E-state index in [1.165, 1.54) is 0 Å². The van der Waals surface area contributed by atoms with Gasteiger partial charge in [0, 0.05) is 37.4 Å². The van der Waals surface area contributed by atoms with Gasteiger partial charge < -0.3 is 15.2 Å². The van der Waals surface area contributed by atoms with E-state index in [0.717, 1.165) is 22.3 Å². The molecular weight excluding hydrogens is 430 g/mol. The van der Waals surface area contributed by atoms with Crippen molar-refractivity contribution in [3.63, 3.8) is 0 Å². The second-order valence-corrected chi connectivity index (χ2v) is 6.91. The monoisotopic (exact) mass is 453 g/mol. The van der Waals surface area contributed by atoms with E-state index in [2.05, 4.69) is 60.2 Å². The molecule has 9 nitrogen and oxygen atoms in total. The number of aliphatic hydroxyl groups is 1. The van der Waals surface area contributed by atoms with Crippen molar-refractivity contribution >= 4 is 18.2 Å². The molecule has 4 rings (SSSR count). The summed E-state index contributed by atoms with van der Waals surface area (Å²) in [6.07, 6.45) is 2.27. The molecule has 2 heterocycles. The van der Waals surface area contributed by atoms with Crippen LogP contribution in [-0.2, 0) is 24.3 Å². The number of aliphatic hydroxyl groups excluding tert-OH is 1. The van der Waals surface area contributed by atoms with Crippen LogP contribution in [0.15, 0.2) is 54.7 Å². The number of aromatic amines is 1. The summed E-state index contributed by atoms with van der Waals surface area (Å²) in [4.78, 5) is 8.79. The van der Waals surface area contributed by atoms with Crippen LogP contribution in [0, 0.1) is 0 Å². The number of ether oxygens (including phenoxy) is 1. The van der Waals surface area contributed by atoms with E-state index in [1.807, 2.05) is 24.3 Å². The number of tetrazole rings is 1. The molecule has 0 fully saturated rings. The van der Waals surface area contributed by atoms with Crippen molar-refractivity contribution < 1.29 is 9.84 Å². The fourth-order valence-electron chi connectivity index (χ4n) is 3.23. The van der Waals surface area contributed by atoms with E-state index < -0.39 is 0 Å². The number of hydrogen-bond acceptors (Lipinski definition) is 8. The van der Waals surface area contributed by atoms with Gasteiger partial charge in [-0.15, -0.1) is 17.5 Å². The predicted octanol–water partition coefficient (Wildman–Crippen LogP) is 3.04. The zero-order valence-corrected chi connectivity index (χ0v) is 18.3. The third kappa shape index (κ3) is 5.44. The molecule has 0 amide bonds. The number of nitrogens with zero attached hydrogens (tertiary/aromatic N) is 5. The highest BCUT2D eigenvalue weighted by molar-refractivity contribution is 5.85. The van der Waals surface area contributed by atoms with Crippen molar-refractivity contribution in [2.24, 2.45) is 0 Å². The lowest BCUT2D eigenvalue weighted by Crippen LogP contribution is -2.09. The quantitative estimate of drug-likeness (QED) is 0.353. The van der Waals surface area contributed by atoms with Crippen LogP contribution in [0.25, 0.3) is 22.5 Å². The average Bonchev–Trinajstić information content (AvgIpc) is 3.37. The molecule has 4 aromatic rings. The average molecular weight is 454 g/mol. The van der Waals surface area contributed by atoms with Crippen molar-refractivity contribution in [1.82, 2.24) is 30.6 Å². The number of nitrogens with one attached hydrogen (secondary N) is 2. The molecule has 0 aliphatic rings. The van der Waals surface area contributed by atoms with Gasteiger partial charge in [-0.25, -0.2) is 15.1 Å². The summed E-state index contributed by atoms with van der Waals surface area (Å²) < 4.78 is 5.09. The van der Waals surface area contributed by atoms with Gasteiger partial charge in [-0.2, -0.15) is 0 Å². The lowest BCUT2D eigenvalue weighted by Gasteiger charge is -2.12. The molecule has 0 spiro atoms. The zero-order chi connectivity index (χ0) is 21.5. The molecule has 0 bridgehead atoms. The van der Waals surface area contributed by atoms with Crippen LogP contribution in [0.2, 0.25) is 0 Å². The van der Waals surface area contributed by atoms with E-state index in [0.29, 0.717) is 42.6 Å². The molecule has 2 aromatic carbocycles. The molecule has 0 unspecified atom stereocenters. The molecule has 0 atom stereocenters. The van der Waals surface area contributed by atoms with E-state index in [-0.39, 0.29) is 19.0 Å². The first-order chi connectivity index (χ1) is 15.3.